The predicted molar refractivity (Wildman–Crippen MR) is 61.3 cm³/mol. The van der Waals surface area contributed by atoms with Gasteiger partial charge in [0.25, 0.3) is 0 Å². The van der Waals surface area contributed by atoms with Crippen LogP contribution in [0.15, 0.2) is 24.3 Å². The lowest BCUT2D eigenvalue weighted by Gasteiger charge is -2.15. The standard InChI is InChI=1S/C12H16F3NO/c1-9(2)7-17-11-6-4-3-5-10(11)16-8-12(13,14)15/h3-6,9,16H,7-8H2,1-2H3. The van der Waals surface area contributed by atoms with Gasteiger partial charge in [0.1, 0.15) is 12.3 Å². The molecule has 0 aromatic heterocycles. The molecule has 17 heavy (non-hydrogen) atoms. The SMILES string of the molecule is CC(C)COc1ccccc1NCC(F)(F)F. The summed E-state index contributed by atoms with van der Waals surface area (Å²) in [5.41, 5.74) is 0.366. The molecule has 0 bridgehead atoms. The van der Waals surface area contributed by atoms with Crippen LogP contribution < -0.4 is 10.1 Å². The topological polar surface area (TPSA) is 21.3 Å². The third-order valence-electron chi connectivity index (χ3n) is 1.94. The second-order valence-electron chi connectivity index (χ2n) is 4.17. The molecule has 2 nitrogen and oxygen atoms in total. The van der Waals surface area contributed by atoms with E-state index in [1.165, 1.54) is 0 Å². The lowest BCUT2D eigenvalue weighted by Crippen LogP contribution is -2.21. The van der Waals surface area contributed by atoms with E-state index >= 15 is 0 Å². The van der Waals surface area contributed by atoms with Gasteiger partial charge < -0.3 is 10.1 Å². The van der Waals surface area contributed by atoms with Gasteiger partial charge in [-0.1, -0.05) is 26.0 Å². The van der Waals surface area contributed by atoms with Crippen LogP contribution in [0.5, 0.6) is 5.75 Å². The fourth-order valence-electron chi connectivity index (χ4n) is 1.19. The van der Waals surface area contributed by atoms with Crippen molar-refractivity contribution in [3.8, 4) is 5.75 Å². The van der Waals surface area contributed by atoms with Crippen LogP contribution in [0.1, 0.15) is 13.8 Å². The second-order valence-corrected chi connectivity index (χ2v) is 4.17. The van der Waals surface area contributed by atoms with Crippen LogP contribution in [0.25, 0.3) is 0 Å². The van der Waals surface area contributed by atoms with E-state index < -0.39 is 12.7 Å². The van der Waals surface area contributed by atoms with E-state index in [-0.39, 0.29) is 0 Å². The molecule has 0 unspecified atom stereocenters. The van der Waals surface area contributed by atoms with Crippen molar-refractivity contribution in [3.05, 3.63) is 24.3 Å². The Morgan fingerprint density at radius 1 is 1.24 bits per heavy atom. The zero-order chi connectivity index (χ0) is 12.9. The van der Waals surface area contributed by atoms with Gasteiger partial charge in [-0.15, -0.1) is 0 Å². The van der Waals surface area contributed by atoms with Gasteiger partial charge in [-0.2, -0.15) is 13.2 Å². The number of rotatable bonds is 5. The van der Waals surface area contributed by atoms with Crippen molar-refractivity contribution in [3.63, 3.8) is 0 Å². The largest absolute Gasteiger partial charge is 0.491 e. The molecule has 0 aliphatic carbocycles. The molecule has 0 atom stereocenters. The van der Waals surface area contributed by atoms with Crippen molar-refractivity contribution in [1.82, 2.24) is 0 Å². The monoisotopic (exact) mass is 247 g/mol. The smallest absolute Gasteiger partial charge is 0.405 e. The lowest BCUT2D eigenvalue weighted by atomic mass is 10.2. The Hall–Kier alpha value is -1.39. The maximum absolute atomic E-state index is 12.1. The van der Waals surface area contributed by atoms with Gasteiger partial charge in [0, 0.05) is 0 Å². The number of anilines is 1. The van der Waals surface area contributed by atoms with Gasteiger partial charge in [-0.3, -0.25) is 0 Å². The molecular formula is C12H16F3NO. The first-order valence-electron chi connectivity index (χ1n) is 5.41. The molecule has 1 rings (SSSR count). The highest BCUT2D eigenvalue weighted by atomic mass is 19.4. The Kier molecular flexibility index (Phi) is 4.66. The molecule has 0 amide bonds. The summed E-state index contributed by atoms with van der Waals surface area (Å²) in [5, 5.41) is 2.33. The van der Waals surface area contributed by atoms with E-state index in [0.717, 1.165) is 0 Å². The highest BCUT2D eigenvalue weighted by molar-refractivity contribution is 5.56. The van der Waals surface area contributed by atoms with Crippen LogP contribution in [-0.4, -0.2) is 19.3 Å². The molecule has 0 fully saturated rings. The zero-order valence-corrected chi connectivity index (χ0v) is 9.84. The first-order valence-corrected chi connectivity index (χ1v) is 5.41. The Morgan fingerprint density at radius 2 is 1.88 bits per heavy atom. The molecule has 0 heterocycles. The molecule has 0 saturated heterocycles. The van der Waals surface area contributed by atoms with Crippen LogP contribution in [-0.2, 0) is 0 Å². The van der Waals surface area contributed by atoms with E-state index in [0.29, 0.717) is 24.0 Å². The molecule has 0 aliphatic rings. The predicted octanol–water partition coefficient (Wildman–Crippen LogP) is 3.70. The number of alkyl halides is 3. The van der Waals surface area contributed by atoms with E-state index in [1.807, 2.05) is 13.8 Å². The quantitative estimate of drug-likeness (QED) is 0.856. The second kappa shape index (κ2) is 5.80. The van der Waals surface area contributed by atoms with Gasteiger partial charge in [-0.05, 0) is 18.1 Å². The van der Waals surface area contributed by atoms with Gasteiger partial charge in [-0.25, -0.2) is 0 Å². The summed E-state index contributed by atoms with van der Waals surface area (Å²) in [6.07, 6.45) is -4.23. The van der Waals surface area contributed by atoms with Gasteiger partial charge >= 0.3 is 6.18 Å². The summed E-state index contributed by atoms with van der Waals surface area (Å²) < 4.78 is 41.7. The van der Waals surface area contributed by atoms with Crippen LogP contribution in [0.4, 0.5) is 18.9 Å². The summed E-state index contributed by atoms with van der Waals surface area (Å²) in [4.78, 5) is 0. The molecule has 0 spiro atoms. The third-order valence-corrected chi connectivity index (χ3v) is 1.94. The maximum atomic E-state index is 12.1. The number of ether oxygens (including phenoxy) is 1. The van der Waals surface area contributed by atoms with Crippen LogP contribution in [0, 0.1) is 5.92 Å². The molecule has 1 N–H and O–H groups in total. The summed E-state index contributed by atoms with van der Waals surface area (Å²) in [6, 6.07) is 6.62. The van der Waals surface area contributed by atoms with Crippen molar-refractivity contribution >= 4 is 5.69 Å². The fourth-order valence-corrected chi connectivity index (χ4v) is 1.19. The minimum absolute atomic E-state index is 0.325. The van der Waals surface area contributed by atoms with Crippen molar-refractivity contribution < 1.29 is 17.9 Å². The molecule has 0 aliphatic heterocycles. The Labute approximate surface area is 98.8 Å². The van der Waals surface area contributed by atoms with Crippen molar-refractivity contribution in [2.24, 2.45) is 5.92 Å². The minimum atomic E-state index is -4.23. The molecule has 96 valence electrons. The number of hydrogen-bond donors (Lipinski definition) is 1. The molecule has 1 aromatic rings. The van der Waals surface area contributed by atoms with Crippen molar-refractivity contribution in [2.75, 3.05) is 18.5 Å². The van der Waals surface area contributed by atoms with E-state index in [2.05, 4.69) is 5.32 Å². The molecule has 0 saturated carbocycles. The number of para-hydroxylation sites is 2. The number of hydrogen-bond acceptors (Lipinski definition) is 2. The Morgan fingerprint density at radius 3 is 2.47 bits per heavy atom. The highest BCUT2D eigenvalue weighted by Gasteiger charge is 2.27. The van der Waals surface area contributed by atoms with Gasteiger partial charge in [0.05, 0.1) is 12.3 Å². The Balaban J connectivity index is 2.64. The van der Waals surface area contributed by atoms with E-state index in [9.17, 15) is 13.2 Å². The fraction of sp³-hybridized carbons (Fsp3) is 0.500. The van der Waals surface area contributed by atoms with Crippen molar-refractivity contribution in [2.45, 2.75) is 20.0 Å². The van der Waals surface area contributed by atoms with Gasteiger partial charge in [0.2, 0.25) is 0 Å². The number of halogens is 3. The molecular weight excluding hydrogens is 231 g/mol. The number of nitrogens with one attached hydrogen (secondary N) is 1. The maximum Gasteiger partial charge on any atom is 0.405 e. The average molecular weight is 247 g/mol. The zero-order valence-electron chi connectivity index (χ0n) is 9.84. The minimum Gasteiger partial charge on any atom is -0.491 e. The van der Waals surface area contributed by atoms with E-state index in [4.69, 9.17) is 4.74 Å². The highest BCUT2D eigenvalue weighted by Crippen LogP contribution is 2.26. The summed E-state index contributed by atoms with van der Waals surface area (Å²) in [7, 11) is 0. The molecule has 0 radical (unpaired) electrons. The van der Waals surface area contributed by atoms with Crippen LogP contribution >= 0.6 is 0 Å². The van der Waals surface area contributed by atoms with Gasteiger partial charge in [0.15, 0.2) is 0 Å². The third kappa shape index (κ3) is 5.47. The normalized spacial score (nSPS) is 11.6. The van der Waals surface area contributed by atoms with E-state index in [1.54, 1.807) is 24.3 Å². The first kappa shape index (κ1) is 13.7. The Bertz CT molecular complexity index is 350. The summed E-state index contributed by atoms with van der Waals surface area (Å²) in [5.74, 6) is 0.774. The average Bonchev–Trinajstić information content (AvgIpc) is 2.23. The summed E-state index contributed by atoms with van der Waals surface area (Å²) in [6.45, 7) is 3.37. The molecule has 5 heteroatoms. The van der Waals surface area contributed by atoms with Crippen molar-refractivity contribution in [1.29, 1.82) is 0 Å². The lowest BCUT2D eigenvalue weighted by molar-refractivity contribution is -0.115. The van der Waals surface area contributed by atoms with Crippen LogP contribution in [0.3, 0.4) is 0 Å². The number of benzene rings is 1. The first-order chi connectivity index (χ1) is 7.88. The molecule has 1 aromatic carbocycles. The summed E-state index contributed by atoms with van der Waals surface area (Å²) >= 11 is 0. The van der Waals surface area contributed by atoms with Crippen LogP contribution in [0.2, 0.25) is 0 Å².